The lowest BCUT2D eigenvalue weighted by molar-refractivity contribution is 0.0981. The van der Waals surface area contributed by atoms with Gasteiger partial charge in [-0.05, 0) is 61.7 Å². The minimum absolute atomic E-state index is 0.0294. The average Bonchev–Trinajstić information content (AvgIpc) is 3.20. The summed E-state index contributed by atoms with van der Waals surface area (Å²) < 4.78 is 1.05. The summed E-state index contributed by atoms with van der Waals surface area (Å²) in [6.45, 7) is 5.98. The average molecular weight is 416 g/mol. The van der Waals surface area contributed by atoms with Crippen molar-refractivity contribution in [3.63, 3.8) is 0 Å². The number of hydrogen-bond acceptors (Lipinski definition) is 5. The normalized spacial score (nSPS) is 10.9. The van der Waals surface area contributed by atoms with Crippen LogP contribution in [0.1, 0.15) is 44.3 Å². The molecule has 0 saturated heterocycles. The number of aryl methyl sites for hydroxylation is 2. The third kappa shape index (κ3) is 3.86. The van der Waals surface area contributed by atoms with E-state index in [1.54, 1.807) is 41.6 Å². The van der Waals surface area contributed by atoms with Gasteiger partial charge in [-0.15, -0.1) is 0 Å². The number of pyridine rings is 1. The number of thiazole rings is 1. The number of rotatable bonds is 5. The predicted molar refractivity (Wildman–Crippen MR) is 120 cm³/mol. The van der Waals surface area contributed by atoms with Gasteiger partial charge < -0.3 is 0 Å². The highest BCUT2D eigenvalue weighted by Gasteiger charge is 2.22. The molecule has 4 aromatic rings. The molecule has 5 nitrogen and oxygen atoms in total. The van der Waals surface area contributed by atoms with Crippen molar-refractivity contribution in [1.29, 1.82) is 0 Å². The summed E-state index contributed by atoms with van der Waals surface area (Å²) in [6, 6.07) is 14.7. The molecule has 2 heterocycles. The van der Waals surface area contributed by atoms with E-state index in [1.807, 2.05) is 18.2 Å². The maximum atomic E-state index is 13.4. The fourth-order valence-electron chi connectivity index (χ4n) is 3.23. The van der Waals surface area contributed by atoms with Gasteiger partial charge in [0.1, 0.15) is 0 Å². The molecular weight excluding hydrogens is 394 g/mol. The van der Waals surface area contributed by atoms with Crippen molar-refractivity contribution in [3.8, 4) is 0 Å². The highest BCUT2D eigenvalue weighted by atomic mass is 32.1. The van der Waals surface area contributed by atoms with E-state index in [0.717, 1.165) is 21.3 Å². The Kier molecular flexibility index (Phi) is 5.42. The molecule has 0 aliphatic heterocycles. The molecule has 6 heteroatoms. The first kappa shape index (κ1) is 19.9. The lowest BCUT2D eigenvalue weighted by Gasteiger charge is -2.20. The Morgan fingerprint density at radius 3 is 2.40 bits per heavy atom. The summed E-state index contributed by atoms with van der Waals surface area (Å²) in [7, 11) is 0. The number of carbonyl (C=O) groups is 2. The Hall–Kier alpha value is -3.38. The zero-order chi connectivity index (χ0) is 21.3. The Balaban J connectivity index is 1.77. The zero-order valence-corrected chi connectivity index (χ0v) is 17.9. The van der Waals surface area contributed by atoms with Gasteiger partial charge in [-0.2, -0.15) is 0 Å². The van der Waals surface area contributed by atoms with Gasteiger partial charge in [0.2, 0.25) is 0 Å². The molecule has 2 aromatic carbocycles. The highest BCUT2D eigenvalue weighted by molar-refractivity contribution is 7.22. The SMILES string of the molecule is CC(=O)c1ccc(C(=O)N(Cc2cccnc2)c2nc3c(C)c(C)ccc3s2)cc1. The van der Waals surface area contributed by atoms with E-state index in [0.29, 0.717) is 22.8 Å². The summed E-state index contributed by atoms with van der Waals surface area (Å²) >= 11 is 1.50. The first-order chi connectivity index (χ1) is 14.4. The van der Waals surface area contributed by atoms with E-state index in [1.165, 1.54) is 23.8 Å². The molecule has 0 atom stereocenters. The number of carbonyl (C=O) groups excluding carboxylic acids is 2. The molecule has 0 N–H and O–H groups in total. The third-order valence-corrected chi connectivity index (χ3v) is 6.20. The second kappa shape index (κ2) is 8.16. The molecule has 0 unspecified atom stereocenters. The minimum Gasteiger partial charge on any atom is -0.295 e. The lowest BCUT2D eigenvalue weighted by atomic mass is 10.1. The van der Waals surface area contributed by atoms with Crippen LogP contribution in [0.25, 0.3) is 10.2 Å². The Bertz CT molecular complexity index is 1230. The van der Waals surface area contributed by atoms with Gasteiger partial charge in [-0.3, -0.25) is 19.5 Å². The van der Waals surface area contributed by atoms with Crippen LogP contribution in [-0.4, -0.2) is 21.7 Å². The van der Waals surface area contributed by atoms with Crippen molar-refractivity contribution in [2.45, 2.75) is 27.3 Å². The Morgan fingerprint density at radius 2 is 1.73 bits per heavy atom. The van der Waals surface area contributed by atoms with Crippen molar-refractivity contribution < 1.29 is 9.59 Å². The number of fused-ring (bicyclic) bond motifs is 1. The summed E-state index contributed by atoms with van der Waals surface area (Å²) in [4.78, 5) is 35.7. The van der Waals surface area contributed by atoms with Crippen LogP contribution < -0.4 is 4.90 Å². The summed E-state index contributed by atoms with van der Waals surface area (Å²) in [5.41, 5.74) is 5.22. The quantitative estimate of drug-likeness (QED) is 0.412. The molecule has 30 heavy (non-hydrogen) atoms. The molecule has 0 bridgehead atoms. The van der Waals surface area contributed by atoms with Crippen molar-refractivity contribution >= 4 is 38.4 Å². The van der Waals surface area contributed by atoms with E-state index in [4.69, 9.17) is 4.98 Å². The molecular formula is C24H21N3O2S. The van der Waals surface area contributed by atoms with E-state index in [2.05, 4.69) is 24.9 Å². The van der Waals surface area contributed by atoms with Crippen LogP contribution in [0.3, 0.4) is 0 Å². The fourth-order valence-corrected chi connectivity index (χ4v) is 4.26. The van der Waals surface area contributed by atoms with Gasteiger partial charge in [0.05, 0.1) is 16.8 Å². The van der Waals surface area contributed by atoms with E-state index in [9.17, 15) is 9.59 Å². The number of nitrogens with zero attached hydrogens (tertiary/aromatic N) is 3. The largest absolute Gasteiger partial charge is 0.295 e. The van der Waals surface area contributed by atoms with Crippen molar-refractivity contribution in [2.24, 2.45) is 0 Å². The van der Waals surface area contributed by atoms with Gasteiger partial charge in [-0.25, -0.2) is 4.98 Å². The number of aromatic nitrogens is 2. The van der Waals surface area contributed by atoms with Crippen molar-refractivity contribution in [3.05, 3.63) is 88.7 Å². The molecule has 150 valence electrons. The summed E-state index contributed by atoms with van der Waals surface area (Å²) in [5.74, 6) is -0.194. The maximum absolute atomic E-state index is 13.4. The second-order valence-electron chi connectivity index (χ2n) is 7.24. The predicted octanol–water partition coefficient (Wildman–Crippen LogP) is 5.36. The fraction of sp³-hybridized carbons (Fsp3) is 0.167. The zero-order valence-electron chi connectivity index (χ0n) is 17.0. The molecule has 1 amide bonds. The molecule has 2 aromatic heterocycles. The first-order valence-corrected chi connectivity index (χ1v) is 10.4. The van der Waals surface area contributed by atoms with E-state index in [-0.39, 0.29) is 11.7 Å². The molecule has 0 spiro atoms. The molecule has 4 rings (SSSR count). The molecule has 0 saturated carbocycles. The topological polar surface area (TPSA) is 63.2 Å². The molecule has 0 radical (unpaired) electrons. The maximum Gasteiger partial charge on any atom is 0.260 e. The van der Waals surface area contributed by atoms with Crippen LogP contribution in [0.15, 0.2) is 60.9 Å². The van der Waals surface area contributed by atoms with Gasteiger partial charge in [0, 0.05) is 23.5 Å². The highest BCUT2D eigenvalue weighted by Crippen LogP contribution is 2.33. The third-order valence-electron chi connectivity index (χ3n) is 5.15. The van der Waals surface area contributed by atoms with Crippen LogP contribution in [-0.2, 0) is 6.54 Å². The number of benzene rings is 2. The Labute approximate surface area is 179 Å². The number of anilines is 1. The minimum atomic E-state index is -0.164. The van der Waals surface area contributed by atoms with Crippen molar-refractivity contribution in [1.82, 2.24) is 9.97 Å². The standard InChI is InChI=1S/C24H21N3O2S/c1-15-6-11-21-22(16(15)2)26-24(30-21)27(14-18-5-4-12-25-13-18)23(29)20-9-7-19(8-10-20)17(3)28/h4-13H,14H2,1-3H3. The van der Waals surface area contributed by atoms with Gasteiger partial charge in [0.15, 0.2) is 10.9 Å². The summed E-state index contributed by atoms with van der Waals surface area (Å²) in [5, 5.41) is 0.642. The van der Waals surface area contributed by atoms with E-state index < -0.39 is 0 Å². The number of ketones is 1. The van der Waals surface area contributed by atoms with Crippen LogP contribution in [0.2, 0.25) is 0 Å². The first-order valence-electron chi connectivity index (χ1n) is 9.62. The molecule has 0 aliphatic rings. The van der Waals surface area contributed by atoms with Crippen molar-refractivity contribution in [2.75, 3.05) is 4.90 Å². The van der Waals surface area contributed by atoms with Crippen LogP contribution >= 0.6 is 11.3 Å². The summed E-state index contributed by atoms with van der Waals surface area (Å²) in [6.07, 6.45) is 3.46. The number of Topliss-reactive ketones (excluding diaryl/α,β-unsaturated/α-hetero) is 1. The Morgan fingerprint density at radius 1 is 1.00 bits per heavy atom. The van der Waals surface area contributed by atoms with Gasteiger partial charge in [0.25, 0.3) is 5.91 Å². The van der Waals surface area contributed by atoms with Crippen LogP contribution in [0.4, 0.5) is 5.13 Å². The van der Waals surface area contributed by atoms with Crippen LogP contribution in [0, 0.1) is 13.8 Å². The van der Waals surface area contributed by atoms with Gasteiger partial charge >= 0.3 is 0 Å². The van der Waals surface area contributed by atoms with Gasteiger partial charge in [-0.1, -0.05) is 35.6 Å². The van der Waals surface area contributed by atoms with Crippen LogP contribution in [0.5, 0.6) is 0 Å². The molecule has 0 aliphatic carbocycles. The number of hydrogen-bond donors (Lipinski definition) is 0. The monoisotopic (exact) mass is 415 g/mol. The lowest BCUT2D eigenvalue weighted by Crippen LogP contribution is -2.30. The smallest absolute Gasteiger partial charge is 0.260 e. The van der Waals surface area contributed by atoms with E-state index >= 15 is 0 Å². The second-order valence-corrected chi connectivity index (χ2v) is 8.25. The number of amides is 1. The molecule has 0 fully saturated rings.